The fourth-order valence-corrected chi connectivity index (χ4v) is 1.58. The predicted molar refractivity (Wildman–Crippen MR) is 65.4 cm³/mol. The largest absolute Gasteiger partial charge is 0.293 e. The quantitative estimate of drug-likeness (QED) is 0.677. The molecule has 0 radical (unpaired) electrons. The second-order valence-corrected chi connectivity index (χ2v) is 4.15. The summed E-state index contributed by atoms with van der Waals surface area (Å²) in [5, 5.41) is 1.04. The molecule has 0 amide bonds. The van der Waals surface area contributed by atoms with E-state index in [0.29, 0.717) is 0 Å². The fourth-order valence-electron chi connectivity index (χ4n) is 0.864. The molecule has 1 aromatic heterocycles. The summed E-state index contributed by atoms with van der Waals surface area (Å²) in [5.41, 5.74) is 0.999. The summed E-state index contributed by atoms with van der Waals surface area (Å²) in [5.74, 6) is 0. The summed E-state index contributed by atoms with van der Waals surface area (Å²) >= 11 is 1.69. The van der Waals surface area contributed by atoms with E-state index in [4.69, 9.17) is 0 Å². The lowest BCUT2D eigenvalue weighted by molar-refractivity contribution is 1.43. The van der Waals surface area contributed by atoms with Crippen LogP contribution in [0.2, 0.25) is 0 Å². The van der Waals surface area contributed by atoms with E-state index in [1.165, 1.54) is 4.88 Å². The molecule has 0 saturated heterocycles. The molecule has 14 heavy (non-hydrogen) atoms. The summed E-state index contributed by atoms with van der Waals surface area (Å²) in [7, 11) is 1.78. The maximum atomic E-state index is 4.29. The first-order valence-corrected chi connectivity index (χ1v) is 5.24. The maximum Gasteiger partial charge on any atom is 0.116 e. The van der Waals surface area contributed by atoms with E-state index in [9.17, 15) is 0 Å². The number of nitrogens with zero attached hydrogens (tertiary/aromatic N) is 2. The van der Waals surface area contributed by atoms with Crippen LogP contribution in [0.4, 0.5) is 5.00 Å². The number of hydrogen-bond acceptors (Lipinski definition) is 3. The number of thiophene rings is 1. The highest BCUT2D eigenvalue weighted by molar-refractivity contribution is 7.15. The smallest absolute Gasteiger partial charge is 0.116 e. The summed E-state index contributed by atoms with van der Waals surface area (Å²) in [6.07, 6.45) is 5.63. The zero-order valence-electron chi connectivity index (χ0n) is 8.69. The molecule has 1 heterocycles. The van der Waals surface area contributed by atoms with Crippen molar-refractivity contribution in [3.63, 3.8) is 0 Å². The van der Waals surface area contributed by atoms with Crippen molar-refractivity contribution in [3.8, 4) is 0 Å². The lowest BCUT2D eigenvalue weighted by Gasteiger charge is -1.84. The summed E-state index contributed by atoms with van der Waals surface area (Å²) in [6.45, 7) is 4.03. The van der Waals surface area contributed by atoms with Crippen LogP contribution < -0.4 is 0 Å². The van der Waals surface area contributed by atoms with Crippen LogP contribution in [-0.2, 0) is 0 Å². The molecule has 0 aromatic carbocycles. The lowest BCUT2D eigenvalue weighted by atomic mass is 10.4. The molecule has 0 N–H and O–H groups in total. The average Bonchev–Trinajstić information content (AvgIpc) is 2.58. The Morgan fingerprint density at radius 1 is 1.43 bits per heavy atom. The van der Waals surface area contributed by atoms with E-state index in [0.717, 1.165) is 10.7 Å². The van der Waals surface area contributed by atoms with Crippen molar-refractivity contribution in [2.24, 2.45) is 9.98 Å². The van der Waals surface area contributed by atoms with Crippen molar-refractivity contribution < 1.29 is 0 Å². The van der Waals surface area contributed by atoms with Crippen LogP contribution in [0.25, 0.3) is 0 Å². The SMILES string of the molecule is C\N=C(C)/C=C\C=N\c1ccc(C)s1. The van der Waals surface area contributed by atoms with Crippen molar-refractivity contribution in [1.29, 1.82) is 0 Å². The van der Waals surface area contributed by atoms with Crippen LogP contribution in [-0.4, -0.2) is 19.0 Å². The minimum atomic E-state index is 0.999. The molecule has 0 spiro atoms. The Hall–Kier alpha value is -1.22. The Bertz CT molecular complexity index is 372. The van der Waals surface area contributed by atoms with E-state index in [-0.39, 0.29) is 0 Å². The molecule has 0 unspecified atom stereocenters. The molecule has 3 heteroatoms. The first-order chi connectivity index (χ1) is 6.72. The number of allylic oxidation sites excluding steroid dienone is 2. The van der Waals surface area contributed by atoms with Gasteiger partial charge in [0.05, 0.1) is 0 Å². The van der Waals surface area contributed by atoms with E-state index in [2.05, 4.69) is 23.0 Å². The number of aryl methyl sites for hydroxylation is 1. The second kappa shape index (κ2) is 5.50. The van der Waals surface area contributed by atoms with Gasteiger partial charge in [0.25, 0.3) is 0 Å². The van der Waals surface area contributed by atoms with Crippen molar-refractivity contribution in [2.75, 3.05) is 7.05 Å². The van der Waals surface area contributed by atoms with E-state index in [1.54, 1.807) is 24.6 Å². The molecule has 1 rings (SSSR count). The second-order valence-electron chi connectivity index (χ2n) is 2.89. The molecule has 0 fully saturated rings. The number of aliphatic imine (C=N–C) groups is 2. The molecular weight excluding hydrogens is 192 g/mol. The maximum absolute atomic E-state index is 4.29. The minimum absolute atomic E-state index is 0.999. The van der Waals surface area contributed by atoms with Crippen LogP contribution in [0.5, 0.6) is 0 Å². The Kier molecular flexibility index (Phi) is 4.26. The topological polar surface area (TPSA) is 24.7 Å². The van der Waals surface area contributed by atoms with Crippen LogP contribution in [0.3, 0.4) is 0 Å². The zero-order valence-corrected chi connectivity index (χ0v) is 9.51. The van der Waals surface area contributed by atoms with Crippen molar-refractivity contribution in [3.05, 3.63) is 29.2 Å². The van der Waals surface area contributed by atoms with E-state index < -0.39 is 0 Å². The molecular formula is C11H14N2S. The Labute approximate surface area is 88.7 Å². The standard InChI is InChI=1S/C11H14N2S/c1-9(12-3)5-4-8-13-11-7-6-10(2)14-11/h4-8H,1-3H3/b5-4-,12-9-,13-8+. The van der Waals surface area contributed by atoms with Crippen LogP contribution >= 0.6 is 11.3 Å². The van der Waals surface area contributed by atoms with Gasteiger partial charge in [-0.15, -0.1) is 11.3 Å². The van der Waals surface area contributed by atoms with Gasteiger partial charge < -0.3 is 0 Å². The third-order valence-electron chi connectivity index (χ3n) is 1.70. The molecule has 74 valence electrons. The predicted octanol–water partition coefficient (Wildman–Crippen LogP) is 3.41. The fraction of sp³-hybridized carbons (Fsp3) is 0.273. The average molecular weight is 206 g/mol. The number of hydrogen-bond donors (Lipinski definition) is 0. The summed E-state index contributed by atoms with van der Waals surface area (Å²) in [6, 6.07) is 4.09. The van der Waals surface area contributed by atoms with Gasteiger partial charge in [0, 0.05) is 23.9 Å². The van der Waals surface area contributed by atoms with Gasteiger partial charge in [-0.2, -0.15) is 0 Å². The monoisotopic (exact) mass is 206 g/mol. The van der Waals surface area contributed by atoms with Crippen molar-refractivity contribution >= 4 is 28.3 Å². The Morgan fingerprint density at radius 2 is 2.21 bits per heavy atom. The van der Waals surface area contributed by atoms with Gasteiger partial charge in [0.2, 0.25) is 0 Å². The highest BCUT2D eigenvalue weighted by atomic mass is 32.1. The van der Waals surface area contributed by atoms with Gasteiger partial charge in [-0.1, -0.05) is 0 Å². The first-order valence-electron chi connectivity index (χ1n) is 4.43. The first kappa shape index (κ1) is 10.9. The minimum Gasteiger partial charge on any atom is -0.293 e. The molecule has 2 nitrogen and oxygen atoms in total. The van der Waals surface area contributed by atoms with E-state index >= 15 is 0 Å². The van der Waals surface area contributed by atoms with Crippen LogP contribution in [0.1, 0.15) is 11.8 Å². The Balaban J connectivity index is 2.53. The normalized spacial score (nSPS) is 13.2. The molecule has 0 aliphatic carbocycles. The third kappa shape index (κ3) is 3.66. The molecule has 0 saturated carbocycles. The Morgan fingerprint density at radius 3 is 2.79 bits per heavy atom. The number of rotatable bonds is 3. The van der Waals surface area contributed by atoms with Gasteiger partial charge in [0.1, 0.15) is 5.00 Å². The van der Waals surface area contributed by atoms with Crippen LogP contribution in [0, 0.1) is 6.92 Å². The molecule has 1 aromatic rings. The van der Waals surface area contributed by atoms with Gasteiger partial charge in [-0.05, 0) is 38.1 Å². The molecule has 0 bridgehead atoms. The van der Waals surface area contributed by atoms with Gasteiger partial charge in [-0.25, -0.2) is 4.99 Å². The summed E-state index contributed by atoms with van der Waals surface area (Å²) < 4.78 is 0. The molecule has 0 atom stereocenters. The van der Waals surface area contributed by atoms with Crippen molar-refractivity contribution in [2.45, 2.75) is 13.8 Å². The zero-order chi connectivity index (χ0) is 10.4. The lowest BCUT2D eigenvalue weighted by Crippen LogP contribution is -1.81. The van der Waals surface area contributed by atoms with Crippen LogP contribution in [0.15, 0.2) is 34.3 Å². The highest BCUT2D eigenvalue weighted by Gasteiger charge is 1.89. The van der Waals surface area contributed by atoms with E-state index in [1.807, 2.05) is 25.1 Å². The van der Waals surface area contributed by atoms with Gasteiger partial charge in [0.15, 0.2) is 0 Å². The van der Waals surface area contributed by atoms with Crippen molar-refractivity contribution in [1.82, 2.24) is 0 Å². The highest BCUT2D eigenvalue weighted by Crippen LogP contribution is 2.23. The molecule has 0 aliphatic heterocycles. The molecule has 0 aliphatic rings. The third-order valence-corrected chi connectivity index (χ3v) is 2.61. The van der Waals surface area contributed by atoms with Gasteiger partial charge in [-0.3, -0.25) is 4.99 Å². The summed E-state index contributed by atoms with van der Waals surface area (Å²) in [4.78, 5) is 9.58. The van der Waals surface area contributed by atoms with Gasteiger partial charge >= 0.3 is 0 Å².